The van der Waals surface area contributed by atoms with E-state index in [1.54, 1.807) is 25.1 Å². The Morgan fingerprint density at radius 3 is 2.58 bits per heavy atom. The number of amides is 2. The highest BCUT2D eigenvalue weighted by Crippen LogP contribution is 2.57. The summed E-state index contributed by atoms with van der Waals surface area (Å²) in [5, 5.41) is 9.22. The van der Waals surface area contributed by atoms with Gasteiger partial charge in [0.05, 0.1) is 13.2 Å². The molecule has 1 aromatic heterocycles. The molecule has 4 atom stereocenters. The van der Waals surface area contributed by atoms with Gasteiger partial charge in [-0.25, -0.2) is 9.18 Å². The van der Waals surface area contributed by atoms with E-state index in [4.69, 9.17) is 4.42 Å². The van der Waals surface area contributed by atoms with Gasteiger partial charge >= 0.3 is 5.97 Å². The number of carbonyl (C=O) groups excluding carboxylic acids is 3. The quantitative estimate of drug-likeness (QED) is 0.379. The first-order chi connectivity index (χ1) is 18.9. The van der Waals surface area contributed by atoms with Crippen LogP contribution in [0.25, 0.3) is 0 Å². The predicted molar refractivity (Wildman–Crippen MR) is 149 cm³/mol. The van der Waals surface area contributed by atoms with Crippen LogP contribution in [-0.2, 0) is 19.7 Å². The molecule has 1 fully saturated rings. The summed E-state index contributed by atoms with van der Waals surface area (Å²) in [6.07, 6.45) is 0.536. The standard InChI is InChI=1S/C31H34FN3O5/c1-16-10-11-19-20(14-16)33-29(38)31(19)22(15-30(3,4)5)34-26(24(31)18-9-7-8-17(2)25(18)32)27(36)35-23-13-12-21(40-23)28(37)39-6/h7-14,22,24,26,34H,15H2,1-6H3,(H,33,38)(H,35,36)/t22?,24?,26-,31-/m1/s1. The van der Waals surface area contributed by atoms with Crippen molar-refractivity contribution in [3.05, 3.63) is 82.4 Å². The molecule has 2 unspecified atom stereocenters. The number of aryl methyl sites for hydroxylation is 2. The number of hydrogen-bond acceptors (Lipinski definition) is 6. The van der Waals surface area contributed by atoms with E-state index in [9.17, 15) is 14.4 Å². The average Bonchev–Trinajstić information content (AvgIpc) is 3.55. The molecular formula is C31H34FN3O5. The van der Waals surface area contributed by atoms with E-state index in [1.807, 2.05) is 25.1 Å². The van der Waals surface area contributed by atoms with E-state index >= 15 is 4.39 Å². The first-order valence-electron chi connectivity index (χ1n) is 13.3. The Hall–Kier alpha value is -3.98. The van der Waals surface area contributed by atoms with Gasteiger partial charge in [0.15, 0.2) is 0 Å². The van der Waals surface area contributed by atoms with Crippen LogP contribution < -0.4 is 16.0 Å². The second-order valence-corrected chi connectivity index (χ2v) is 11.9. The number of ether oxygens (including phenoxy) is 1. The Labute approximate surface area is 232 Å². The van der Waals surface area contributed by atoms with Crippen LogP contribution in [0, 0.1) is 25.1 Å². The van der Waals surface area contributed by atoms with Crippen molar-refractivity contribution in [2.24, 2.45) is 5.41 Å². The van der Waals surface area contributed by atoms with Crippen LogP contribution in [0.4, 0.5) is 16.0 Å². The maximum absolute atomic E-state index is 16.0. The first-order valence-corrected chi connectivity index (χ1v) is 13.3. The monoisotopic (exact) mass is 547 g/mol. The minimum atomic E-state index is -1.27. The molecule has 2 aromatic carbocycles. The van der Waals surface area contributed by atoms with E-state index in [0.29, 0.717) is 17.7 Å². The van der Waals surface area contributed by atoms with Crippen molar-refractivity contribution in [3.8, 4) is 0 Å². The average molecular weight is 548 g/mol. The molecule has 40 heavy (non-hydrogen) atoms. The van der Waals surface area contributed by atoms with E-state index in [0.717, 1.165) is 11.1 Å². The van der Waals surface area contributed by atoms with Crippen LogP contribution in [0.2, 0.25) is 0 Å². The van der Waals surface area contributed by atoms with E-state index < -0.39 is 41.1 Å². The molecule has 5 rings (SSSR count). The highest BCUT2D eigenvalue weighted by atomic mass is 19.1. The fourth-order valence-electron chi connectivity index (χ4n) is 6.26. The molecule has 1 spiro atoms. The maximum Gasteiger partial charge on any atom is 0.374 e. The van der Waals surface area contributed by atoms with Crippen molar-refractivity contribution in [1.29, 1.82) is 0 Å². The molecule has 3 N–H and O–H groups in total. The SMILES string of the molecule is COC(=O)c1ccc(NC(=O)[C@@H]2NC(CC(C)(C)C)[C@@]3(C(=O)Nc4cc(C)ccc43)C2c2cccc(C)c2F)o1. The van der Waals surface area contributed by atoms with Gasteiger partial charge in [0, 0.05) is 23.7 Å². The lowest BCUT2D eigenvalue weighted by Gasteiger charge is -2.37. The zero-order chi connectivity index (χ0) is 29.0. The molecule has 1 saturated heterocycles. The van der Waals surface area contributed by atoms with Gasteiger partial charge in [-0.2, -0.15) is 0 Å². The summed E-state index contributed by atoms with van der Waals surface area (Å²) >= 11 is 0. The number of furan rings is 1. The molecule has 0 bridgehead atoms. The van der Waals surface area contributed by atoms with E-state index in [2.05, 4.69) is 41.5 Å². The van der Waals surface area contributed by atoms with Gasteiger partial charge in [-0.05, 0) is 60.1 Å². The summed E-state index contributed by atoms with van der Waals surface area (Å²) in [5.41, 5.74) is 1.57. The number of nitrogens with one attached hydrogen (secondary N) is 3. The zero-order valence-electron chi connectivity index (χ0n) is 23.5. The lowest BCUT2D eigenvalue weighted by Crippen LogP contribution is -2.49. The van der Waals surface area contributed by atoms with Crippen LogP contribution in [-0.4, -0.2) is 37.0 Å². The van der Waals surface area contributed by atoms with Gasteiger partial charge in [-0.15, -0.1) is 0 Å². The lowest BCUT2D eigenvalue weighted by atomic mass is 9.62. The summed E-state index contributed by atoms with van der Waals surface area (Å²) in [7, 11) is 1.23. The Bertz CT molecular complexity index is 1510. The topological polar surface area (TPSA) is 110 Å². The first kappa shape index (κ1) is 27.6. The second-order valence-electron chi connectivity index (χ2n) is 11.9. The molecule has 3 aromatic rings. The van der Waals surface area contributed by atoms with Crippen molar-refractivity contribution in [3.63, 3.8) is 0 Å². The summed E-state index contributed by atoms with van der Waals surface area (Å²) in [6, 6.07) is 12.2. The van der Waals surface area contributed by atoms with Crippen molar-refractivity contribution >= 4 is 29.4 Å². The summed E-state index contributed by atoms with van der Waals surface area (Å²) in [5.74, 6) is -2.85. The number of carbonyl (C=O) groups is 3. The van der Waals surface area contributed by atoms with Gasteiger partial charge in [-0.3, -0.25) is 14.9 Å². The summed E-state index contributed by atoms with van der Waals surface area (Å²) in [4.78, 5) is 40.0. The number of hydrogen-bond donors (Lipinski definition) is 3. The third-order valence-electron chi connectivity index (χ3n) is 7.89. The molecule has 2 aliphatic heterocycles. The van der Waals surface area contributed by atoms with Gasteiger partial charge in [0.1, 0.15) is 11.2 Å². The largest absolute Gasteiger partial charge is 0.463 e. The number of anilines is 2. The molecule has 2 amide bonds. The minimum Gasteiger partial charge on any atom is -0.463 e. The molecular weight excluding hydrogens is 513 g/mol. The van der Waals surface area contributed by atoms with Crippen LogP contribution >= 0.6 is 0 Å². The van der Waals surface area contributed by atoms with Crippen LogP contribution in [0.3, 0.4) is 0 Å². The fraction of sp³-hybridized carbons (Fsp3) is 0.387. The fourth-order valence-corrected chi connectivity index (χ4v) is 6.26. The number of rotatable bonds is 5. The van der Waals surface area contributed by atoms with Crippen molar-refractivity contribution in [2.45, 2.75) is 64.5 Å². The van der Waals surface area contributed by atoms with E-state index in [1.165, 1.54) is 19.2 Å². The van der Waals surface area contributed by atoms with E-state index in [-0.39, 0.29) is 28.5 Å². The molecule has 0 radical (unpaired) electrons. The molecule has 0 aliphatic carbocycles. The minimum absolute atomic E-state index is 0.0379. The zero-order valence-corrected chi connectivity index (χ0v) is 23.5. The molecule has 8 nitrogen and oxygen atoms in total. The normalized spacial score (nSPS) is 23.7. The smallest absolute Gasteiger partial charge is 0.374 e. The highest BCUT2D eigenvalue weighted by Gasteiger charge is 2.66. The summed E-state index contributed by atoms with van der Waals surface area (Å²) < 4.78 is 26.1. The Morgan fingerprint density at radius 1 is 1.12 bits per heavy atom. The predicted octanol–water partition coefficient (Wildman–Crippen LogP) is 5.21. The van der Waals surface area contributed by atoms with Gasteiger partial charge in [0.2, 0.25) is 23.5 Å². The summed E-state index contributed by atoms with van der Waals surface area (Å²) in [6.45, 7) is 9.81. The molecule has 9 heteroatoms. The molecule has 2 aliphatic rings. The molecule has 3 heterocycles. The Kier molecular flexibility index (Phi) is 6.82. The van der Waals surface area contributed by atoms with Gasteiger partial charge in [-0.1, -0.05) is 51.1 Å². The maximum atomic E-state index is 16.0. The number of esters is 1. The van der Waals surface area contributed by atoms with Crippen LogP contribution in [0.5, 0.6) is 0 Å². The third kappa shape index (κ3) is 4.48. The third-order valence-corrected chi connectivity index (χ3v) is 7.89. The molecule has 0 saturated carbocycles. The second kappa shape index (κ2) is 9.89. The highest BCUT2D eigenvalue weighted by molar-refractivity contribution is 6.10. The van der Waals surface area contributed by atoms with Crippen molar-refractivity contribution in [2.75, 3.05) is 17.7 Å². The van der Waals surface area contributed by atoms with Gasteiger partial charge in [0.25, 0.3) is 0 Å². The van der Waals surface area contributed by atoms with Crippen molar-refractivity contribution in [1.82, 2.24) is 5.32 Å². The lowest BCUT2D eigenvalue weighted by molar-refractivity contribution is -0.122. The van der Waals surface area contributed by atoms with Crippen molar-refractivity contribution < 1.29 is 27.9 Å². The van der Waals surface area contributed by atoms with Crippen LogP contribution in [0.1, 0.15) is 65.9 Å². The number of fused-ring (bicyclic) bond motifs is 2. The number of benzene rings is 2. The Morgan fingerprint density at radius 2 is 1.88 bits per heavy atom. The van der Waals surface area contributed by atoms with Crippen LogP contribution in [0.15, 0.2) is 52.9 Å². The molecule has 210 valence electrons. The number of halogens is 1. The Balaban J connectivity index is 1.68. The van der Waals surface area contributed by atoms with Gasteiger partial charge < -0.3 is 19.8 Å². The number of methoxy groups -OCH3 is 1.